The fourth-order valence-corrected chi connectivity index (χ4v) is 2.17. The summed E-state index contributed by atoms with van der Waals surface area (Å²) in [5, 5.41) is 0. The maximum Gasteiger partial charge on any atom is 0.0504 e. The van der Waals surface area contributed by atoms with Crippen molar-refractivity contribution in [1.29, 1.82) is 0 Å². The standard InChI is InChI=1S/C17H30N2/c1-5-7-9-11-14(3)16(12-10-8-6-2)15(4)17(19)13-18/h6,10,12-14,16H,2,4-5,7-9,11,18-19H2,1,3H3/b12-10+,17-13+. The van der Waals surface area contributed by atoms with Crippen molar-refractivity contribution < 1.29 is 0 Å². The van der Waals surface area contributed by atoms with Crippen LogP contribution in [0.25, 0.3) is 0 Å². The van der Waals surface area contributed by atoms with E-state index >= 15 is 0 Å². The lowest BCUT2D eigenvalue weighted by atomic mass is 9.82. The number of nitrogens with two attached hydrogens (primary N) is 2. The van der Waals surface area contributed by atoms with Crippen molar-refractivity contribution in [2.24, 2.45) is 23.3 Å². The molecule has 2 atom stereocenters. The van der Waals surface area contributed by atoms with Crippen LogP contribution >= 0.6 is 0 Å². The van der Waals surface area contributed by atoms with Crippen LogP contribution in [0.5, 0.6) is 0 Å². The van der Waals surface area contributed by atoms with E-state index in [1.807, 2.05) is 6.08 Å². The van der Waals surface area contributed by atoms with Crippen LogP contribution in [0.15, 0.2) is 48.9 Å². The first-order valence-electron chi connectivity index (χ1n) is 7.22. The average Bonchev–Trinajstić information content (AvgIpc) is 2.42. The number of allylic oxidation sites excluding steroid dienone is 4. The van der Waals surface area contributed by atoms with Crippen LogP contribution < -0.4 is 11.5 Å². The third-order valence-corrected chi connectivity index (χ3v) is 3.47. The van der Waals surface area contributed by atoms with Crippen LogP contribution in [0.1, 0.15) is 46.0 Å². The number of rotatable bonds is 10. The van der Waals surface area contributed by atoms with Gasteiger partial charge in [-0.3, -0.25) is 0 Å². The molecule has 0 saturated carbocycles. The molecule has 0 aliphatic rings. The molecule has 0 saturated heterocycles. The first-order chi connectivity index (χ1) is 9.08. The SMILES string of the molecule is C=CC/C=C/C(C(=C)/C(N)=C\N)C(C)CCCCC. The van der Waals surface area contributed by atoms with Crippen LogP contribution in [0.2, 0.25) is 0 Å². The zero-order valence-corrected chi connectivity index (χ0v) is 12.6. The highest BCUT2D eigenvalue weighted by Crippen LogP contribution is 2.28. The fourth-order valence-electron chi connectivity index (χ4n) is 2.17. The number of unbranched alkanes of at least 4 members (excludes halogenated alkanes) is 2. The topological polar surface area (TPSA) is 52.0 Å². The molecule has 108 valence electrons. The molecule has 19 heavy (non-hydrogen) atoms. The molecule has 0 aliphatic heterocycles. The van der Waals surface area contributed by atoms with Crippen LogP contribution in [0, 0.1) is 11.8 Å². The summed E-state index contributed by atoms with van der Waals surface area (Å²) >= 11 is 0. The Morgan fingerprint density at radius 2 is 2.00 bits per heavy atom. The Kier molecular flexibility index (Phi) is 9.69. The lowest BCUT2D eigenvalue weighted by Crippen LogP contribution is -2.17. The van der Waals surface area contributed by atoms with Crippen LogP contribution in [-0.4, -0.2) is 0 Å². The molecular weight excluding hydrogens is 232 g/mol. The maximum atomic E-state index is 5.90. The van der Waals surface area contributed by atoms with Gasteiger partial charge in [-0.15, -0.1) is 6.58 Å². The molecule has 0 aromatic rings. The summed E-state index contributed by atoms with van der Waals surface area (Å²) in [6.45, 7) is 12.3. The van der Waals surface area contributed by atoms with Gasteiger partial charge in [0.15, 0.2) is 0 Å². The van der Waals surface area contributed by atoms with E-state index < -0.39 is 0 Å². The second-order valence-corrected chi connectivity index (χ2v) is 5.10. The highest BCUT2D eigenvalue weighted by molar-refractivity contribution is 5.30. The smallest absolute Gasteiger partial charge is 0.0504 e. The molecule has 0 fully saturated rings. The van der Waals surface area contributed by atoms with E-state index in [1.54, 1.807) is 0 Å². The Morgan fingerprint density at radius 3 is 2.53 bits per heavy atom. The largest absolute Gasteiger partial charge is 0.403 e. The van der Waals surface area contributed by atoms with E-state index in [2.05, 4.69) is 39.2 Å². The highest BCUT2D eigenvalue weighted by atomic mass is 14.6. The zero-order valence-electron chi connectivity index (χ0n) is 12.6. The molecule has 2 nitrogen and oxygen atoms in total. The third-order valence-electron chi connectivity index (χ3n) is 3.47. The van der Waals surface area contributed by atoms with Gasteiger partial charge in [0.1, 0.15) is 0 Å². The molecule has 0 aromatic carbocycles. The van der Waals surface area contributed by atoms with Crippen LogP contribution in [0.4, 0.5) is 0 Å². The van der Waals surface area contributed by atoms with Gasteiger partial charge in [-0.25, -0.2) is 0 Å². The van der Waals surface area contributed by atoms with Crippen LogP contribution in [-0.2, 0) is 0 Å². The molecule has 0 spiro atoms. The fraction of sp³-hybridized carbons (Fsp3) is 0.529. The number of hydrogen-bond acceptors (Lipinski definition) is 2. The summed E-state index contributed by atoms with van der Waals surface area (Å²) < 4.78 is 0. The minimum Gasteiger partial charge on any atom is -0.403 e. The van der Waals surface area contributed by atoms with Crippen molar-refractivity contribution in [2.75, 3.05) is 0 Å². The molecular formula is C17H30N2. The van der Waals surface area contributed by atoms with Crippen molar-refractivity contribution >= 4 is 0 Å². The lowest BCUT2D eigenvalue weighted by molar-refractivity contribution is 0.425. The average molecular weight is 262 g/mol. The predicted octanol–water partition coefficient (Wildman–Crippen LogP) is 4.27. The zero-order chi connectivity index (χ0) is 14.7. The van der Waals surface area contributed by atoms with Crippen molar-refractivity contribution in [3.8, 4) is 0 Å². The summed E-state index contributed by atoms with van der Waals surface area (Å²) in [5.74, 6) is 0.787. The van der Waals surface area contributed by atoms with Gasteiger partial charge in [0.2, 0.25) is 0 Å². The van der Waals surface area contributed by atoms with E-state index in [-0.39, 0.29) is 5.92 Å². The first-order valence-corrected chi connectivity index (χ1v) is 7.22. The summed E-state index contributed by atoms with van der Waals surface area (Å²) in [4.78, 5) is 0. The van der Waals surface area contributed by atoms with Gasteiger partial charge in [-0.05, 0) is 24.3 Å². The molecule has 4 N–H and O–H groups in total. The molecule has 0 radical (unpaired) electrons. The Balaban J connectivity index is 4.74. The van der Waals surface area contributed by atoms with Crippen molar-refractivity contribution in [3.05, 3.63) is 48.9 Å². The lowest BCUT2D eigenvalue weighted by Gasteiger charge is -2.23. The molecule has 0 amide bonds. The van der Waals surface area contributed by atoms with Crippen molar-refractivity contribution in [3.63, 3.8) is 0 Å². The first kappa shape index (κ1) is 17.6. The molecule has 0 rings (SSSR count). The third kappa shape index (κ3) is 6.90. The molecule has 0 aromatic heterocycles. The molecule has 2 heteroatoms. The van der Waals surface area contributed by atoms with Gasteiger partial charge in [0, 0.05) is 12.1 Å². The minimum absolute atomic E-state index is 0.261. The second kappa shape index (κ2) is 10.5. The highest BCUT2D eigenvalue weighted by Gasteiger charge is 2.18. The minimum atomic E-state index is 0.261. The van der Waals surface area contributed by atoms with Gasteiger partial charge in [0.25, 0.3) is 0 Å². The maximum absolute atomic E-state index is 5.90. The Labute approximate surface area is 118 Å². The van der Waals surface area contributed by atoms with E-state index in [9.17, 15) is 0 Å². The van der Waals surface area contributed by atoms with Crippen molar-refractivity contribution in [1.82, 2.24) is 0 Å². The Morgan fingerprint density at radius 1 is 1.32 bits per heavy atom. The summed E-state index contributed by atoms with van der Waals surface area (Å²) in [6, 6.07) is 0. The molecule has 0 bridgehead atoms. The van der Waals surface area contributed by atoms with E-state index in [0.717, 1.165) is 12.0 Å². The van der Waals surface area contributed by atoms with Gasteiger partial charge >= 0.3 is 0 Å². The quantitative estimate of drug-likeness (QED) is 0.351. The number of hydrogen-bond donors (Lipinski definition) is 2. The van der Waals surface area contributed by atoms with Gasteiger partial charge in [-0.2, -0.15) is 0 Å². The van der Waals surface area contributed by atoms with E-state index in [1.165, 1.54) is 31.9 Å². The molecule has 2 unspecified atom stereocenters. The van der Waals surface area contributed by atoms with Gasteiger partial charge in [-0.1, -0.05) is 57.9 Å². The second-order valence-electron chi connectivity index (χ2n) is 5.10. The normalized spacial score (nSPS) is 15.4. The van der Waals surface area contributed by atoms with Crippen molar-refractivity contribution in [2.45, 2.75) is 46.0 Å². The Hall–Kier alpha value is -1.44. The summed E-state index contributed by atoms with van der Waals surface area (Å²) in [6.07, 6.45) is 13.5. The summed E-state index contributed by atoms with van der Waals surface area (Å²) in [5.41, 5.74) is 12.9. The monoisotopic (exact) mass is 262 g/mol. The molecule has 0 heterocycles. The van der Waals surface area contributed by atoms with E-state index in [0.29, 0.717) is 11.6 Å². The van der Waals surface area contributed by atoms with Gasteiger partial charge < -0.3 is 11.5 Å². The van der Waals surface area contributed by atoms with Crippen LogP contribution in [0.3, 0.4) is 0 Å². The Bertz CT molecular complexity index is 326. The summed E-state index contributed by atoms with van der Waals surface area (Å²) in [7, 11) is 0. The van der Waals surface area contributed by atoms with Gasteiger partial charge in [0.05, 0.1) is 5.70 Å². The molecule has 0 aliphatic carbocycles. The predicted molar refractivity (Wildman–Crippen MR) is 86.3 cm³/mol. The van der Waals surface area contributed by atoms with E-state index in [4.69, 9.17) is 11.5 Å².